The summed E-state index contributed by atoms with van der Waals surface area (Å²) in [5, 5.41) is 3.12. The van der Waals surface area contributed by atoms with E-state index in [0.29, 0.717) is 17.5 Å². The molecule has 4 heteroatoms. The molecule has 1 aliphatic rings. The van der Waals surface area contributed by atoms with E-state index in [1.165, 1.54) is 18.9 Å². The lowest BCUT2D eigenvalue weighted by Gasteiger charge is -2.29. The highest BCUT2D eigenvalue weighted by atomic mass is 19.2. The van der Waals surface area contributed by atoms with Gasteiger partial charge in [-0.1, -0.05) is 26.0 Å². The molecule has 0 spiro atoms. The third kappa shape index (κ3) is 3.80. The lowest BCUT2D eigenvalue weighted by molar-refractivity contribution is 0.197. The zero-order valence-corrected chi connectivity index (χ0v) is 13.2. The molecule has 0 radical (unpaired) electrons. The second kappa shape index (κ2) is 7.32. The average Bonchev–Trinajstić information content (AvgIpc) is 2.92. The molecule has 1 fully saturated rings. The van der Waals surface area contributed by atoms with E-state index in [1.807, 2.05) is 0 Å². The summed E-state index contributed by atoms with van der Waals surface area (Å²) in [7, 11) is 1.80. The van der Waals surface area contributed by atoms with Crippen molar-refractivity contribution in [3.63, 3.8) is 0 Å². The summed E-state index contributed by atoms with van der Waals surface area (Å²) in [6.45, 7) is 6.55. The zero-order chi connectivity index (χ0) is 15.4. The van der Waals surface area contributed by atoms with Crippen LogP contribution < -0.4 is 5.32 Å². The highest BCUT2D eigenvalue weighted by Crippen LogP contribution is 2.27. The molecule has 1 N–H and O–H groups in total. The molecule has 1 aromatic rings. The highest BCUT2D eigenvalue weighted by molar-refractivity contribution is 5.22. The summed E-state index contributed by atoms with van der Waals surface area (Å²) in [5.74, 6) is -0.848. The molecule has 1 aliphatic heterocycles. The molecule has 2 atom stereocenters. The maximum atomic E-state index is 13.9. The molecule has 2 rings (SSSR count). The predicted molar refractivity (Wildman–Crippen MR) is 82.2 cm³/mol. The lowest BCUT2D eigenvalue weighted by Crippen LogP contribution is -2.35. The summed E-state index contributed by atoms with van der Waals surface area (Å²) < 4.78 is 27.3. The minimum atomic E-state index is -0.769. The van der Waals surface area contributed by atoms with Gasteiger partial charge in [0.05, 0.1) is 0 Å². The average molecular weight is 296 g/mol. The quantitative estimate of drug-likeness (QED) is 0.860. The number of halogens is 2. The monoisotopic (exact) mass is 296 g/mol. The van der Waals surface area contributed by atoms with Crippen molar-refractivity contribution >= 4 is 0 Å². The van der Waals surface area contributed by atoms with Gasteiger partial charge in [0.2, 0.25) is 0 Å². The van der Waals surface area contributed by atoms with Crippen LogP contribution in [0.2, 0.25) is 0 Å². The van der Waals surface area contributed by atoms with Gasteiger partial charge in [-0.2, -0.15) is 0 Å². The van der Waals surface area contributed by atoms with E-state index in [2.05, 4.69) is 24.1 Å². The molecule has 118 valence electrons. The minimum Gasteiger partial charge on any atom is -0.313 e. The van der Waals surface area contributed by atoms with Crippen LogP contribution in [-0.2, 0) is 0 Å². The summed E-state index contributed by atoms with van der Waals surface area (Å²) >= 11 is 0. The number of hydrogen-bond donors (Lipinski definition) is 1. The smallest absolute Gasteiger partial charge is 0.163 e. The summed E-state index contributed by atoms with van der Waals surface area (Å²) in [5.41, 5.74) is 0.429. The Balaban J connectivity index is 2.01. The van der Waals surface area contributed by atoms with Gasteiger partial charge in [-0.05, 0) is 44.8 Å². The van der Waals surface area contributed by atoms with E-state index in [9.17, 15) is 8.78 Å². The van der Waals surface area contributed by atoms with Crippen LogP contribution in [0, 0.1) is 17.6 Å². The van der Waals surface area contributed by atoms with Crippen molar-refractivity contribution < 1.29 is 8.78 Å². The molecule has 0 amide bonds. The second-order valence-corrected chi connectivity index (χ2v) is 6.26. The van der Waals surface area contributed by atoms with E-state index < -0.39 is 11.6 Å². The minimum absolute atomic E-state index is 0.144. The van der Waals surface area contributed by atoms with Crippen molar-refractivity contribution in [2.45, 2.75) is 45.2 Å². The van der Waals surface area contributed by atoms with E-state index in [4.69, 9.17) is 0 Å². The molecule has 1 aromatic carbocycles. The van der Waals surface area contributed by atoms with Gasteiger partial charge in [0, 0.05) is 24.2 Å². The fourth-order valence-corrected chi connectivity index (χ4v) is 3.42. The number of likely N-dealkylation sites (tertiary alicyclic amines) is 1. The summed E-state index contributed by atoms with van der Waals surface area (Å²) in [6.07, 6.45) is 3.28. The zero-order valence-electron chi connectivity index (χ0n) is 13.2. The van der Waals surface area contributed by atoms with E-state index in [0.717, 1.165) is 19.5 Å². The molecule has 21 heavy (non-hydrogen) atoms. The Hall–Kier alpha value is -1.00. The molecule has 0 aliphatic carbocycles. The van der Waals surface area contributed by atoms with Crippen LogP contribution in [0.25, 0.3) is 0 Å². The first-order valence-corrected chi connectivity index (χ1v) is 7.89. The van der Waals surface area contributed by atoms with Crippen molar-refractivity contribution in [1.29, 1.82) is 0 Å². The second-order valence-electron chi connectivity index (χ2n) is 6.26. The first kappa shape index (κ1) is 16.4. The van der Waals surface area contributed by atoms with Crippen molar-refractivity contribution in [2.24, 2.45) is 5.92 Å². The fraction of sp³-hybridized carbons (Fsp3) is 0.647. The molecule has 2 unspecified atom stereocenters. The van der Waals surface area contributed by atoms with Gasteiger partial charge in [0.15, 0.2) is 11.6 Å². The summed E-state index contributed by atoms with van der Waals surface area (Å²) in [6, 6.07) is 4.89. The van der Waals surface area contributed by atoms with Gasteiger partial charge in [0.25, 0.3) is 0 Å². The van der Waals surface area contributed by atoms with Crippen LogP contribution in [-0.4, -0.2) is 31.1 Å². The Labute approximate surface area is 126 Å². The van der Waals surface area contributed by atoms with Gasteiger partial charge >= 0.3 is 0 Å². The molecule has 1 heterocycles. The topological polar surface area (TPSA) is 15.3 Å². The van der Waals surface area contributed by atoms with E-state index in [1.54, 1.807) is 19.2 Å². The van der Waals surface area contributed by atoms with Gasteiger partial charge < -0.3 is 10.2 Å². The maximum absolute atomic E-state index is 13.9. The number of nitrogens with zero attached hydrogens (tertiary/aromatic N) is 1. The Morgan fingerprint density at radius 1 is 1.33 bits per heavy atom. The van der Waals surface area contributed by atoms with Gasteiger partial charge in [-0.15, -0.1) is 0 Å². The Morgan fingerprint density at radius 3 is 2.76 bits per heavy atom. The van der Waals surface area contributed by atoms with Crippen molar-refractivity contribution in [3.8, 4) is 0 Å². The number of hydrogen-bond acceptors (Lipinski definition) is 2. The molecule has 0 bridgehead atoms. The van der Waals surface area contributed by atoms with Gasteiger partial charge in [-0.25, -0.2) is 8.78 Å². The third-order valence-electron chi connectivity index (χ3n) is 4.59. The largest absolute Gasteiger partial charge is 0.313 e. The number of rotatable bonds is 6. The third-order valence-corrected chi connectivity index (χ3v) is 4.59. The lowest BCUT2D eigenvalue weighted by atomic mass is 10.00. The van der Waals surface area contributed by atoms with E-state index in [-0.39, 0.29) is 6.04 Å². The number of nitrogens with one attached hydrogen (secondary N) is 1. The van der Waals surface area contributed by atoms with Crippen molar-refractivity contribution in [3.05, 3.63) is 35.4 Å². The molecular formula is C17H26F2N2. The standard InChI is InChI=1S/C17H26F2N2/c1-12(2)16-8-5-10-21(16)11-9-15(20-3)13-6-4-7-14(18)17(13)19/h4,6-7,12,15-16,20H,5,8-11H2,1-3H3. The number of benzene rings is 1. The maximum Gasteiger partial charge on any atom is 0.163 e. The molecule has 1 saturated heterocycles. The van der Waals surface area contributed by atoms with Crippen LogP contribution in [0.4, 0.5) is 8.78 Å². The first-order chi connectivity index (χ1) is 10.0. The Bertz CT molecular complexity index is 462. The van der Waals surface area contributed by atoms with Crippen molar-refractivity contribution in [2.75, 3.05) is 20.1 Å². The molecule has 0 aromatic heterocycles. The van der Waals surface area contributed by atoms with Crippen LogP contribution in [0.3, 0.4) is 0 Å². The highest BCUT2D eigenvalue weighted by Gasteiger charge is 2.27. The SMILES string of the molecule is CNC(CCN1CCCC1C(C)C)c1cccc(F)c1F. The van der Waals surface area contributed by atoms with Crippen LogP contribution in [0.1, 0.15) is 44.7 Å². The van der Waals surface area contributed by atoms with Gasteiger partial charge in [0.1, 0.15) is 0 Å². The first-order valence-electron chi connectivity index (χ1n) is 7.89. The van der Waals surface area contributed by atoms with Crippen molar-refractivity contribution in [1.82, 2.24) is 10.2 Å². The fourth-order valence-electron chi connectivity index (χ4n) is 3.42. The Morgan fingerprint density at radius 2 is 2.10 bits per heavy atom. The van der Waals surface area contributed by atoms with Gasteiger partial charge in [-0.3, -0.25) is 0 Å². The van der Waals surface area contributed by atoms with Crippen LogP contribution in [0.5, 0.6) is 0 Å². The summed E-state index contributed by atoms with van der Waals surface area (Å²) in [4.78, 5) is 2.49. The molecular weight excluding hydrogens is 270 g/mol. The predicted octanol–water partition coefficient (Wildman–Crippen LogP) is 3.74. The molecule has 0 saturated carbocycles. The molecule has 2 nitrogen and oxygen atoms in total. The van der Waals surface area contributed by atoms with E-state index >= 15 is 0 Å². The Kier molecular flexibility index (Phi) is 5.71. The normalized spacial score (nSPS) is 21.1. The van der Waals surface area contributed by atoms with Crippen LogP contribution in [0.15, 0.2) is 18.2 Å². The van der Waals surface area contributed by atoms with Crippen LogP contribution >= 0.6 is 0 Å².